The van der Waals surface area contributed by atoms with Gasteiger partial charge in [0, 0.05) is 17.1 Å². The fraction of sp³-hybridized carbons (Fsp3) is 0.0667. The molecule has 21 heavy (non-hydrogen) atoms. The molecule has 1 aromatic heterocycles. The monoisotopic (exact) mass is 303 g/mol. The Bertz CT molecular complexity index is 771. The van der Waals surface area contributed by atoms with Gasteiger partial charge in [0.05, 0.1) is 5.56 Å². The van der Waals surface area contributed by atoms with Crippen LogP contribution in [0.5, 0.6) is 0 Å². The third-order valence-electron chi connectivity index (χ3n) is 2.99. The van der Waals surface area contributed by atoms with Gasteiger partial charge in [-0.25, -0.2) is 4.39 Å². The van der Waals surface area contributed by atoms with E-state index in [2.05, 4.69) is 10.1 Å². The van der Waals surface area contributed by atoms with Gasteiger partial charge in [0.25, 0.3) is 5.89 Å². The molecule has 2 N–H and O–H groups in total. The summed E-state index contributed by atoms with van der Waals surface area (Å²) in [7, 11) is 0. The van der Waals surface area contributed by atoms with Gasteiger partial charge in [-0.1, -0.05) is 28.9 Å². The van der Waals surface area contributed by atoms with Gasteiger partial charge in [0.1, 0.15) is 5.82 Å². The number of nitrogens with two attached hydrogens (primary N) is 1. The maximum atomic E-state index is 13.0. The topological polar surface area (TPSA) is 64.9 Å². The zero-order valence-electron chi connectivity index (χ0n) is 10.9. The van der Waals surface area contributed by atoms with Crippen LogP contribution in [0.1, 0.15) is 11.4 Å². The molecule has 0 aliphatic rings. The summed E-state index contributed by atoms with van der Waals surface area (Å²) in [5, 5.41) is 4.58. The number of nitrogen functional groups attached to an aromatic ring is 1. The molecule has 0 spiro atoms. The number of hydrogen-bond acceptors (Lipinski definition) is 4. The van der Waals surface area contributed by atoms with Crippen LogP contribution in [0, 0.1) is 5.82 Å². The molecule has 1 heterocycles. The molecule has 0 saturated carbocycles. The van der Waals surface area contributed by atoms with Crippen molar-refractivity contribution in [2.24, 2.45) is 0 Å². The summed E-state index contributed by atoms with van der Waals surface area (Å²) < 4.78 is 18.2. The van der Waals surface area contributed by atoms with E-state index in [1.165, 1.54) is 18.2 Å². The first-order valence-corrected chi connectivity index (χ1v) is 6.62. The van der Waals surface area contributed by atoms with Gasteiger partial charge in [-0.3, -0.25) is 0 Å². The van der Waals surface area contributed by atoms with Crippen molar-refractivity contribution in [1.82, 2.24) is 10.1 Å². The van der Waals surface area contributed by atoms with Crippen LogP contribution in [-0.2, 0) is 6.42 Å². The summed E-state index contributed by atoms with van der Waals surface area (Å²) in [4.78, 5) is 4.28. The van der Waals surface area contributed by atoms with Crippen LogP contribution in [0.2, 0.25) is 5.02 Å². The molecule has 0 fully saturated rings. The van der Waals surface area contributed by atoms with Gasteiger partial charge < -0.3 is 10.3 Å². The Hall–Kier alpha value is -2.40. The van der Waals surface area contributed by atoms with Gasteiger partial charge in [0.2, 0.25) is 0 Å². The molecule has 0 aliphatic heterocycles. The number of halogens is 2. The first kappa shape index (κ1) is 13.6. The summed E-state index contributed by atoms with van der Waals surface area (Å²) in [6.07, 6.45) is 0.516. The van der Waals surface area contributed by atoms with Crippen molar-refractivity contribution in [3.8, 4) is 11.5 Å². The van der Waals surface area contributed by atoms with E-state index in [4.69, 9.17) is 21.9 Å². The molecule has 0 amide bonds. The largest absolute Gasteiger partial charge is 0.398 e. The van der Waals surface area contributed by atoms with E-state index in [0.29, 0.717) is 22.8 Å². The normalized spacial score (nSPS) is 10.8. The first-order valence-electron chi connectivity index (χ1n) is 6.24. The third-order valence-corrected chi connectivity index (χ3v) is 3.24. The second-order valence-corrected chi connectivity index (χ2v) is 4.99. The minimum absolute atomic E-state index is 0.261. The summed E-state index contributed by atoms with van der Waals surface area (Å²) in [5.74, 6) is 0.393. The van der Waals surface area contributed by atoms with Crippen molar-refractivity contribution in [1.29, 1.82) is 0 Å². The lowest BCUT2D eigenvalue weighted by Gasteiger charge is -1.99. The highest BCUT2D eigenvalue weighted by Crippen LogP contribution is 2.25. The maximum Gasteiger partial charge on any atom is 0.260 e. The Morgan fingerprint density at radius 3 is 2.62 bits per heavy atom. The van der Waals surface area contributed by atoms with Crippen LogP contribution < -0.4 is 5.73 Å². The van der Waals surface area contributed by atoms with Gasteiger partial charge in [-0.05, 0) is 35.9 Å². The average molecular weight is 304 g/mol. The minimum atomic E-state index is -0.405. The van der Waals surface area contributed by atoms with E-state index < -0.39 is 5.82 Å². The summed E-state index contributed by atoms with van der Waals surface area (Å²) in [5.41, 5.74) is 7.54. The lowest BCUT2D eigenvalue weighted by atomic mass is 10.1. The Balaban J connectivity index is 1.84. The van der Waals surface area contributed by atoms with E-state index >= 15 is 0 Å². The molecule has 0 bridgehead atoms. The van der Waals surface area contributed by atoms with E-state index in [-0.39, 0.29) is 11.6 Å². The van der Waals surface area contributed by atoms with Gasteiger partial charge in [-0.15, -0.1) is 0 Å². The molecule has 4 nitrogen and oxygen atoms in total. The standard InChI is InChI=1S/C15H11ClFN3O/c16-10-3-1-9(2-4-10)7-14-19-15(21-20-14)12-6-5-11(17)8-13(12)18/h1-6,8H,7,18H2. The van der Waals surface area contributed by atoms with Crippen molar-refractivity contribution >= 4 is 17.3 Å². The molecule has 0 unspecified atom stereocenters. The Labute approximate surface area is 125 Å². The van der Waals surface area contributed by atoms with Crippen molar-refractivity contribution in [2.45, 2.75) is 6.42 Å². The van der Waals surface area contributed by atoms with Crippen LogP contribution in [0.4, 0.5) is 10.1 Å². The molecule has 0 atom stereocenters. The van der Waals surface area contributed by atoms with Crippen LogP contribution in [-0.4, -0.2) is 10.1 Å². The number of benzene rings is 2. The minimum Gasteiger partial charge on any atom is -0.398 e. The summed E-state index contributed by atoms with van der Waals surface area (Å²) >= 11 is 5.83. The zero-order valence-corrected chi connectivity index (χ0v) is 11.6. The maximum absolute atomic E-state index is 13.0. The second kappa shape index (κ2) is 5.54. The first-order chi connectivity index (χ1) is 10.1. The molecular weight excluding hydrogens is 293 g/mol. The smallest absolute Gasteiger partial charge is 0.260 e. The number of rotatable bonds is 3. The Kier molecular flexibility index (Phi) is 3.58. The molecule has 2 aromatic carbocycles. The van der Waals surface area contributed by atoms with E-state index in [1.54, 1.807) is 12.1 Å². The average Bonchev–Trinajstić information content (AvgIpc) is 2.90. The highest BCUT2D eigenvalue weighted by Gasteiger charge is 2.12. The number of aromatic nitrogens is 2. The van der Waals surface area contributed by atoms with Crippen molar-refractivity contribution < 1.29 is 8.91 Å². The lowest BCUT2D eigenvalue weighted by Crippen LogP contribution is -1.93. The summed E-state index contributed by atoms with van der Waals surface area (Å²) in [6.45, 7) is 0. The SMILES string of the molecule is Nc1cc(F)ccc1-c1nc(Cc2ccc(Cl)cc2)no1. The van der Waals surface area contributed by atoms with Crippen molar-refractivity contribution in [3.05, 3.63) is 64.7 Å². The van der Waals surface area contributed by atoms with Crippen molar-refractivity contribution in [3.63, 3.8) is 0 Å². The fourth-order valence-corrected chi connectivity index (χ4v) is 2.07. The van der Waals surface area contributed by atoms with Crippen LogP contribution in [0.3, 0.4) is 0 Å². The van der Waals surface area contributed by atoms with Gasteiger partial charge in [-0.2, -0.15) is 4.98 Å². The summed E-state index contributed by atoms with van der Waals surface area (Å²) in [6, 6.07) is 11.4. The molecule has 0 saturated heterocycles. The Morgan fingerprint density at radius 2 is 1.90 bits per heavy atom. The predicted octanol–water partition coefficient (Wildman–Crippen LogP) is 3.70. The van der Waals surface area contributed by atoms with E-state index in [0.717, 1.165) is 5.56 Å². The second-order valence-electron chi connectivity index (χ2n) is 4.55. The third kappa shape index (κ3) is 3.03. The Morgan fingerprint density at radius 1 is 1.14 bits per heavy atom. The zero-order chi connectivity index (χ0) is 14.8. The van der Waals surface area contributed by atoms with E-state index in [9.17, 15) is 4.39 Å². The molecule has 3 rings (SSSR count). The molecule has 3 aromatic rings. The van der Waals surface area contributed by atoms with Crippen LogP contribution in [0.25, 0.3) is 11.5 Å². The van der Waals surface area contributed by atoms with Crippen molar-refractivity contribution in [2.75, 3.05) is 5.73 Å². The van der Waals surface area contributed by atoms with Gasteiger partial charge >= 0.3 is 0 Å². The lowest BCUT2D eigenvalue weighted by molar-refractivity contribution is 0.424. The molecule has 6 heteroatoms. The molecule has 0 radical (unpaired) electrons. The number of hydrogen-bond donors (Lipinski definition) is 1. The van der Waals surface area contributed by atoms with Gasteiger partial charge in [0.15, 0.2) is 5.82 Å². The quantitative estimate of drug-likeness (QED) is 0.749. The number of nitrogens with zero attached hydrogens (tertiary/aromatic N) is 2. The molecule has 106 valence electrons. The predicted molar refractivity (Wildman–Crippen MR) is 78.4 cm³/mol. The highest BCUT2D eigenvalue weighted by molar-refractivity contribution is 6.30. The van der Waals surface area contributed by atoms with E-state index in [1.807, 2.05) is 12.1 Å². The molecular formula is C15H11ClFN3O. The van der Waals surface area contributed by atoms with Crippen LogP contribution in [0.15, 0.2) is 47.0 Å². The molecule has 0 aliphatic carbocycles. The number of anilines is 1. The highest BCUT2D eigenvalue weighted by atomic mass is 35.5. The fourth-order valence-electron chi connectivity index (χ4n) is 1.95. The van der Waals surface area contributed by atoms with Crippen LogP contribution >= 0.6 is 11.6 Å².